The van der Waals surface area contributed by atoms with Crippen molar-refractivity contribution < 1.29 is 4.79 Å². The van der Waals surface area contributed by atoms with E-state index in [0.717, 1.165) is 16.9 Å². The van der Waals surface area contributed by atoms with Crippen LogP contribution in [-0.4, -0.2) is 27.0 Å². The lowest BCUT2D eigenvalue weighted by atomic mass is 10.3. The van der Waals surface area contributed by atoms with Crippen LogP contribution in [0, 0.1) is 0 Å². The second-order valence-corrected chi connectivity index (χ2v) is 4.71. The maximum Gasteiger partial charge on any atom is 0.267 e. The minimum atomic E-state index is -0.0615. The first-order valence-corrected chi connectivity index (χ1v) is 6.57. The van der Waals surface area contributed by atoms with E-state index in [-0.39, 0.29) is 5.91 Å². The predicted octanol–water partition coefficient (Wildman–Crippen LogP) is 1.87. The summed E-state index contributed by atoms with van der Waals surface area (Å²) in [6.45, 7) is 0.559. The zero-order chi connectivity index (χ0) is 13.9. The van der Waals surface area contributed by atoms with Crippen molar-refractivity contribution in [1.29, 1.82) is 0 Å². The van der Waals surface area contributed by atoms with E-state index in [4.69, 9.17) is 0 Å². The van der Waals surface area contributed by atoms with Gasteiger partial charge in [-0.05, 0) is 24.3 Å². The van der Waals surface area contributed by atoms with Crippen LogP contribution in [0.1, 0.15) is 16.3 Å². The molecule has 0 fully saturated rings. The third-order valence-electron chi connectivity index (χ3n) is 3.26. The van der Waals surface area contributed by atoms with Gasteiger partial charge in [0.25, 0.3) is 5.91 Å². The van der Waals surface area contributed by atoms with Crippen molar-refractivity contribution in [2.45, 2.75) is 6.42 Å². The highest BCUT2D eigenvalue weighted by Gasteiger charge is 2.08. The van der Waals surface area contributed by atoms with Crippen molar-refractivity contribution >= 4 is 16.9 Å². The second kappa shape index (κ2) is 5.21. The molecule has 3 rings (SSSR count). The van der Waals surface area contributed by atoms with E-state index in [0.29, 0.717) is 18.7 Å². The van der Waals surface area contributed by atoms with Gasteiger partial charge >= 0.3 is 0 Å². The van der Waals surface area contributed by atoms with Crippen LogP contribution in [0.3, 0.4) is 0 Å². The Morgan fingerprint density at radius 1 is 1.30 bits per heavy atom. The van der Waals surface area contributed by atoms with Gasteiger partial charge in [-0.15, -0.1) is 0 Å². The van der Waals surface area contributed by atoms with Crippen LogP contribution >= 0.6 is 0 Å². The Hall–Kier alpha value is -2.56. The molecule has 5 heteroatoms. The van der Waals surface area contributed by atoms with Crippen LogP contribution in [0.25, 0.3) is 11.0 Å². The maximum atomic E-state index is 11.9. The molecule has 0 radical (unpaired) electrons. The number of aryl methyl sites for hydroxylation is 1. The van der Waals surface area contributed by atoms with Gasteiger partial charge in [-0.1, -0.05) is 12.1 Å². The number of nitrogens with zero attached hydrogens (tertiary/aromatic N) is 2. The number of amides is 1. The number of para-hydroxylation sites is 2. The van der Waals surface area contributed by atoms with Crippen molar-refractivity contribution in [3.8, 4) is 0 Å². The number of rotatable bonds is 4. The molecule has 0 saturated carbocycles. The fourth-order valence-corrected chi connectivity index (χ4v) is 2.21. The minimum Gasteiger partial charge on any atom is -0.350 e. The van der Waals surface area contributed by atoms with Gasteiger partial charge in [0.15, 0.2) is 0 Å². The average Bonchev–Trinajstić information content (AvgIpc) is 3.04. The highest BCUT2D eigenvalue weighted by molar-refractivity contribution is 5.92. The fourth-order valence-electron chi connectivity index (χ4n) is 2.21. The molecule has 1 aromatic carbocycles. The first-order chi connectivity index (χ1) is 9.74. The van der Waals surface area contributed by atoms with E-state index in [9.17, 15) is 4.79 Å². The first-order valence-electron chi connectivity index (χ1n) is 6.57. The zero-order valence-corrected chi connectivity index (χ0v) is 11.3. The Morgan fingerprint density at radius 3 is 2.90 bits per heavy atom. The Balaban J connectivity index is 1.60. The van der Waals surface area contributed by atoms with E-state index < -0.39 is 0 Å². The van der Waals surface area contributed by atoms with Crippen LogP contribution in [0.15, 0.2) is 42.6 Å². The van der Waals surface area contributed by atoms with Gasteiger partial charge in [-0.3, -0.25) is 4.79 Å². The topological polar surface area (TPSA) is 62.7 Å². The Labute approximate surface area is 116 Å². The number of benzene rings is 1. The number of hydrogen-bond acceptors (Lipinski definition) is 2. The molecule has 2 heterocycles. The molecule has 2 N–H and O–H groups in total. The number of imidazole rings is 1. The minimum absolute atomic E-state index is 0.0615. The van der Waals surface area contributed by atoms with E-state index in [1.54, 1.807) is 10.6 Å². The van der Waals surface area contributed by atoms with Gasteiger partial charge in [0.05, 0.1) is 11.0 Å². The molecule has 0 unspecified atom stereocenters. The van der Waals surface area contributed by atoms with E-state index in [1.807, 2.05) is 43.6 Å². The quantitative estimate of drug-likeness (QED) is 0.759. The number of aromatic nitrogens is 3. The molecule has 0 bridgehead atoms. The van der Waals surface area contributed by atoms with Crippen LogP contribution < -0.4 is 5.32 Å². The molecule has 0 saturated heterocycles. The molecule has 0 aliphatic heterocycles. The van der Waals surface area contributed by atoms with Crippen molar-refractivity contribution in [3.05, 3.63) is 54.1 Å². The summed E-state index contributed by atoms with van der Waals surface area (Å²) in [5.74, 6) is 0.826. The Morgan fingerprint density at radius 2 is 2.15 bits per heavy atom. The van der Waals surface area contributed by atoms with Gasteiger partial charge in [0.1, 0.15) is 11.5 Å². The summed E-state index contributed by atoms with van der Waals surface area (Å²) in [6.07, 6.45) is 2.54. The van der Waals surface area contributed by atoms with Gasteiger partial charge in [-0.25, -0.2) is 4.98 Å². The van der Waals surface area contributed by atoms with Gasteiger partial charge in [-0.2, -0.15) is 0 Å². The predicted molar refractivity (Wildman–Crippen MR) is 77.5 cm³/mol. The van der Waals surface area contributed by atoms with Gasteiger partial charge < -0.3 is 14.9 Å². The molecule has 0 aliphatic carbocycles. The third-order valence-corrected chi connectivity index (χ3v) is 3.26. The number of nitrogens with one attached hydrogen (secondary N) is 2. The maximum absolute atomic E-state index is 11.9. The van der Waals surface area contributed by atoms with E-state index >= 15 is 0 Å². The summed E-state index contributed by atoms with van der Waals surface area (Å²) in [5.41, 5.74) is 2.64. The first kappa shape index (κ1) is 12.5. The molecular formula is C15H16N4O. The molecule has 0 atom stereocenters. The van der Waals surface area contributed by atoms with Crippen molar-refractivity contribution in [3.63, 3.8) is 0 Å². The van der Waals surface area contributed by atoms with Gasteiger partial charge in [0.2, 0.25) is 0 Å². The molecule has 1 amide bonds. The van der Waals surface area contributed by atoms with Gasteiger partial charge in [0, 0.05) is 26.2 Å². The molecular weight excluding hydrogens is 252 g/mol. The number of aromatic amines is 1. The van der Waals surface area contributed by atoms with Crippen LogP contribution in [0.4, 0.5) is 0 Å². The average molecular weight is 268 g/mol. The molecule has 2 aromatic heterocycles. The fraction of sp³-hybridized carbons (Fsp3) is 0.200. The van der Waals surface area contributed by atoms with E-state index in [2.05, 4.69) is 15.3 Å². The number of hydrogen-bond donors (Lipinski definition) is 2. The largest absolute Gasteiger partial charge is 0.350 e. The lowest BCUT2D eigenvalue weighted by Crippen LogP contribution is -2.27. The highest BCUT2D eigenvalue weighted by atomic mass is 16.1. The summed E-state index contributed by atoms with van der Waals surface area (Å²) >= 11 is 0. The van der Waals surface area contributed by atoms with Crippen molar-refractivity contribution in [2.75, 3.05) is 6.54 Å². The molecule has 3 aromatic rings. The second-order valence-electron chi connectivity index (χ2n) is 4.71. The van der Waals surface area contributed by atoms with Crippen LogP contribution in [0.2, 0.25) is 0 Å². The summed E-state index contributed by atoms with van der Waals surface area (Å²) in [4.78, 5) is 19.7. The lowest BCUT2D eigenvalue weighted by molar-refractivity contribution is 0.0946. The Bertz CT molecular complexity index is 708. The highest BCUT2D eigenvalue weighted by Crippen LogP contribution is 2.10. The Kier molecular flexibility index (Phi) is 3.25. The summed E-state index contributed by atoms with van der Waals surface area (Å²) in [7, 11) is 1.86. The SMILES string of the molecule is Cn1cccc1C(=O)NCCc1nc2ccccc2[nH]1. The number of carbonyl (C=O) groups is 1. The van der Waals surface area contributed by atoms with Crippen LogP contribution in [0.5, 0.6) is 0 Å². The zero-order valence-electron chi connectivity index (χ0n) is 11.3. The number of carbonyl (C=O) groups excluding carboxylic acids is 1. The monoisotopic (exact) mass is 268 g/mol. The molecule has 0 spiro atoms. The molecule has 0 aliphatic rings. The van der Waals surface area contributed by atoms with Crippen molar-refractivity contribution in [2.24, 2.45) is 7.05 Å². The third kappa shape index (κ3) is 2.42. The van der Waals surface area contributed by atoms with Crippen molar-refractivity contribution in [1.82, 2.24) is 19.9 Å². The standard InChI is InChI=1S/C15H16N4O/c1-19-10-4-7-13(19)15(20)16-9-8-14-17-11-5-2-3-6-12(11)18-14/h2-7,10H,8-9H2,1H3,(H,16,20)(H,17,18). The number of H-pyrrole nitrogens is 1. The molecule has 20 heavy (non-hydrogen) atoms. The lowest BCUT2D eigenvalue weighted by Gasteiger charge is -2.04. The smallest absolute Gasteiger partial charge is 0.267 e. The summed E-state index contributed by atoms with van der Waals surface area (Å²) in [5, 5.41) is 2.90. The van der Waals surface area contributed by atoms with E-state index in [1.165, 1.54) is 0 Å². The summed E-state index contributed by atoms with van der Waals surface area (Å²) < 4.78 is 1.80. The summed E-state index contributed by atoms with van der Waals surface area (Å²) in [6, 6.07) is 11.6. The molecule has 102 valence electrons. The molecule has 5 nitrogen and oxygen atoms in total. The number of fused-ring (bicyclic) bond motifs is 1. The normalized spacial score (nSPS) is 10.8. The van der Waals surface area contributed by atoms with Crippen LogP contribution in [-0.2, 0) is 13.5 Å².